The number of carbonyl (C=O) groups is 1. The molecule has 0 aliphatic heterocycles. The summed E-state index contributed by atoms with van der Waals surface area (Å²) in [6, 6.07) is 6.99. The molecule has 0 aliphatic rings. The molecular weight excluding hydrogens is 361 g/mol. The Kier molecular flexibility index (Phi) is 4.88. The molecule has 2 aromatic heterocycles. The van der Waals surface area contributed by atoms with Crippen LogP contribution in [0.15, 0.2) is 30.5 Å². The van der Waals surface area contributed by atoms with Crippen molar-refractivity contribution in [3.8, 4) is 5.75 Å². The lowest BCUT2D eigenvalue weighted by Crippen LogP contribution is -2.17. The quantitative estimate of drug-likeness (QED) is 0.711. The Morgan fingerprint density at radius 3 is 2.76 bits per heavy atom. The number of ether oxygens (including phenoxy) is 1. The van der Waals surface area contributed by atoms with Gasteiger partial charge in [-0.05, 0) is 37.1 Å². The van der Waals surface area contributed by atoms with E-state index in [9.17, 15) is 4.79 Å². The summed E-state index contributed by atoms with van der Waals surface area (Å²) < 4.78 is 7.02. The van der Waals surface area contributed by atoms with Crippen LogP contribution in [0, 0.1) is 6.92 Å². The zero-order valence-corrected chi connectivity index (χ0v) is 15.6. The molecule has 0 unspecified atom stereocenters. The van der Waals surface area contributed by atoms with Gasteiger partial charge >= 0.3 is 0 Å². The maximum atomic E-state index is 12.9. The summed E-state index contributed by atoms with van der Waals surface area (Å²) in [4.78, 5) is 17.4. The van der Waals surface area contributed by atoms with E-state index in [0.29, 0.717) is 44.9 Å². The Morgan fingerprint density at radius 2 is 2.08 bits per heavy atom. The van der Waals surface area contributed by atoms with Crippen molar-refractivity contribution < 1.29 is 9.53 Å². The number of fused-ring (bicyclic) bond motifs is 1. The van der Waals surface area contributed by atoms with Crippen molar-refractivity contribution in [3.63, 3.8) is 0 Å². The topological polar surface area (TPSA) is 55.6 Å². The van der Waals surface area contributed by atoms with Crippen LogP contribution in [0.4, 0.5) is 5.69 Å². The minimum Gasteiger partial charge on any atom is -0.495 e. The number of anilines is 1. The van der Waals surface area contributed by atoms with E-state index in [1.165, 1.54) is 7.11 Å². The van der Waals surface area contributed by atoms with Gasteiger partial charge < -0.3 is 10.1 Å². The Balaban J connectivity index is 2.06. The fourth-order valence-electron chi connectivity index (χ4n) is 2.67. The number of rotatable bonds is 4. The molecule has 5 nitrogen and oxygen atoms in total. The number of carbonyl (C=O) groups excluding carboxylic acids is 1. The van der Waals surface area contributed by atoms with Crippen molar-refractivity contribution in [1.82, 2.24) is 9.38 Å². The molecule has 1 amide bonds. The van der Waals surface area contributed by atoms with Crippen molar-refractivity contribution in [2.75, 3.05) is 12.4 Å². The summed E-state index contributed by atoms with van der Waals surface area (Å²) in [6.07, 6.45) is 2.31. The second-order valence-corrected chi connectivity index (χ2v) is 6.44. The van der Waals surface area contributed by atoms with Crippen molar-refractivity contribution in [2.24, 2.45) is 0 Å². The minimum atomic E-state index is -0.286. The summed E-state index contributed by atoms with van der Waals surface area (Å²) in [6.45, 7) is 3.82. The molecule has 1 N–H and O–H groups in total. The normalized spacial score (nSPS) is 10.9. The molecule has 0 atom stereocenters. The first-order valence-corrected chi connectivity index (χ1v) is 8.52. The fraction of sp³-hybridized carbons (Fsp3) is 0.222. The van der Waals surface area contributed by atoms with E-state index in [1.807, 2.05) is 13.8 Å². The summed E-state index contributed by atoms with van der Waals surface area (Å²) in [5.74, 6) is 0.209. The van der Waals surface area contributed by atoms with E-state index < -0.39 is 0 Å². The highest BCUT2D eigenvalue weighted by atomic mass is 35.5. The van der Waals surface area contributed by atoms with Gasteiger partial charge in [-0.1, -0.05) is 30.1 Å². The highest BCUT2D eigenvalue weighted by Crippen LogP contribution is 2.31. The Hall–Kier alpha value is -2.24. The minimum absolute atomic E-state index is 0.286. The first-order valence-electron chi connectivity index (χ1n) is 7.76. The summed E-state index contributed by atoms with van der Waals surface area (Å²) in [7, 11) is 1.53. The van der Waals surface area contributed by atoms with Gasteiger partial charge in [0.15, 0.2) is 0 Å². The molecule has 0 spiro atoms. The molecule has 1 aromatic carbocycles. The number of imidazole rings is 1. The lowest BCUT2D eigenvalue weighted by Gasteiger charge is -2.13. The van der Waals surface area contributed by atoms with E-state index in [1.54, 1.807) is 34.9 Å². The lowest BCUT2D eigenvalue weighted by molar-refractivity contribution is 0.102. The second-order valence-electron chi connectivity index (χ2n) is 5.59. The number of pyridine rings is 1. The third-order valence-corrected chi connectivity index (χ3v) is 4.56. The van der Waals surface area contributed by atoms with Gasteiger partial charge in [-0.15, -0.1) is 0 Å². The van der Waals surface area contributed by atoms with Crippen LogP contribution in [0.1, 0.15) is 28.7 Å². The zero-order chi connectivity index (χ0) is 18.1. The largest absolute Gasteiger partial charge is 0.495 e. The van der Waals surface area contributed by atoms with E-state index in [-0.39, 0.29) is 5.91 Å². The molecule has 25 heavy (non-hydrogen) atoms. The van der Waals surface area contributed by atoms with Gasteiger partial charge in [0, 0.05) is 17.3 Å². The van der Waals surface area contributed by atoms with E-state index in [0.717, 1.165) is 5.56 Å². The monoisotopic (exact) mass is 377 g/mol. The number of benzene rings is 1. The molecule has 0 saturated carbocycles. The maximum absolute atomic E-state index is 12.9. The number of hydrogen-bond acceptors (Lipinski definition) is 3. The average molecular weight is 378 g/mol. The van der Waals surface area contributed by atoms with Gasteiger partial charge in [0.05, 0.1) is 23.5 Å². The Morgan fingerprint density at radius 1 is 1.32 bits per heavy atom. The van der Waals surface area contributed by atoms with Crippen molar-refractivity contribution in [2.45, 2.75) is 20.3 Å². The number of methoxy groups -OCH3 is 1. The van der Waals surface area contributed by atoms with Crippen molar-refractivity contribution in [1.29, 1.82) is 0 Å². The molecule has 2 heterocycles. The number of aromatic nitrogens is 2. The Bertz CT molecular complexity index is 967. The fourth-order valence-corrected chi connectivity index (χ4v) is 2.98. The standard InChI is InChI=1S/C18H17Cl2N3O2/c1-4-13-17(23-9-11(19)5-6-16(23)21-13)18(24)22-14-7-10(2)12(20)8-15(14)25-3/h5-9H,4H2,1-3H3,(H,22,24). The second kappa shape index (κ2) is 6.94. The molecule has 3 rings (SSSR count). The van der Waals surface area contributed by atoms with Crippen molar-refractivity contribution in [3.05, 3.63) is 57.5 Å². The first kappa shape index (κ1) is 17.6. The van der Waals surface area contributed by atoms with Crippen LogP contribution in [0.2, 0.25) is 10.0 Å². The van der Waals surface area contributed by atoms with Crippen LogP contribution in [0.3, 0.4) is 0 Å². The average Bonchev–Trinajstić information content (AvgIpc) is 2.95. The molecule has 0 saturated heterocycles. The van der Waals surface area contributed by atoms with Gasteiger partial charge in [0.1, 0.15) is 17.1 Å². The first-order chi connectivity index (χ1) is 11.9. The van der Waals surface area contributed by atoms with Crippen LogP contribution in [0.25, 0.3) is 5.65 Å². The zero-order valence-electron chi connectivity index (χ0n) is 14.1. The third kappa shape index (κ3) is 3.30. The number of nitrogens with zero attached hydrogens (tertiary/aromatic N) is 2. The molecule has 0 bridgehead atoms. The molecular formula is C18H17Cl2N3O2. The summed E-state index contributed by atoms with van der Waals surface area (Å²) in [5, 5.41) is 4.00. The maximum Gasteiger partial charge on any atom is 0.274 e. The van der Waals surface area contributed by atoms with Crippen molar-refractivity contribution >= 4 is 40.4 Å². The molecule has 3 aromatic rings. The molecule has 0 radical (unpaired) electrons. The number of amides is 1. The summed E-state index contributed by atoms with van der Waals surface area (Å²) >= 11 is 12.2. The van der Waals surface area contributed by atoms with E-state index in [4.69, 9.17) is 27.9 Å². The van der Waals surface area contributed by atoms with Gasteiger partial charge in [0.2, 0.25) is 0 Å². The van der Waals surface area contributed by atoms with Crippen LogP contribution in [-0.4, -0.2) is 22.4 Å². The van der Waals surface area contributed by atoms with Crippen LogP contribution in [-0.2, 0) is 6.42 Å². The number of aryl methyl sites for hydroxylation is 2. The van der Waals surface area contributed by atoms with Crippen LogP contribution in [0.5, 0.6) is 5.75 Å². The van der Waals surface area contributed by atoms with Crippen LogP contribution >= 0.6 is 23.2 Å². The molecule has 130 valence electrons. The molecule has 0 fully saturated rings. The Labute approximate surface area is 155 Å². The van der Waals surface area contributed by atoms with Crippen LogP contribution < -0.4 is 10.1 Å². The highest BCUT2D eigenvalue weighted by molar-refractivity contribution is 6.31. The molecule has 7 heteroatoms. The predicted molar refractivity (Wildman–Crippen MR) is 100 cm³/mol. The number of nitrogens with one attached hydrogen (secondary N) is 1. The van der Waals surface area contributed by atoms with Gasteiger partial charge in [-0.2, -0.15) is 0 Å². The predicted octanol–water partition coefficient (Wildman–Crippen LogP) is 4.77. The smallest absolute Gasteiger partial charge is 0.274 e. The SMILES string of the molecule is CCc1nc2ccc(Cl)cn2c1C(=O)Nc1cc(C)c(Cl)cc1OC. The molecule has 0 aliphatic carbocycles. The van der Waals surface area contributed by atoms with Gasteiger partial charge in [-0.3, -0.25) is 9.20 Å². The van der Waals surface area contributed by atoms with Gasteiger partial charge in [0.25, 0.3) is 5.91 Å². The van der Waals surface area contributed by atoms with E-state index >= 15 is 0 Å². The highest BCUT2D eigenvalue weighted by Gasteiger charge is 2.20. The van der Waals surface area contributed by atoms with Gasteiger partial charge in [-0.25, -0.2) is 4.98 Å². The summed E-state index contributed by atoms with van der Waals surface area (Å²) in [5.41, 5.74) is 3.22. The lowest BCUT2D eigenvalue weighted by atomic mass is 10.2. The number of hydrogen-bond donors (Lipinski definition) is 1. The van der Waals surface area contributed by atoms with E-state index in [2.05, 4.69) is 10.3 Å². The number of halogens is 2. The third-order valence-electron chi connectivity index (χ3n) is 3.93.